The summed E-state index contributed by atoms with van der Waals surface area (Å²) in [5.74, 6) is 3.12. The molecule has 0 aliphatic rings. The Morgan fingerprint density at radius 3 is 2.78 bits per heavy atom. The molecule has 0 radical (unpaired) electrons. The number of carbonyl (C=O) groups excluding carboxylic acids is 1. The van der Waals surface area contributed by atoms with Crippen LogP contribution < -0.4 is 10.6 Å². The van der Waals surface area contributed by atoms with Crippen molar-refractivity contribution < 1.29 is 9.90 Å². The van der Waals surface area contributed by atoms with Crippen LogP contribution in [-0.4, -0.2) is 32.5 Å². The number of fused-ring (bicyclic) bond motifs is 1. The molecule has 0 aliphatic heterocycles. The smallest absolute Gasteiger partial charge is 0.320 e. The van der Waals surface area contributed by atoms with Crippen LogP contribution in [0.15, 0.2) is 47.8 Å². The quantitative estimate of drug-likeness (QED) is 0.320. The Balaban J connectivity index is 1.55. The van der Waals surface area contributed by atoms with Gasteiger partial charge >= 0.3 is 11.8 Å². The number of hydrogen-bond donors (Lipinski definition) is 3. The summed E-state index contributed by atoms with van der Waals surface area (Å²) >= 11 is 1.25. The lowest BCUT2D eigenvalue weighted by molar-refractivity contribution is 0.225. The highest BCUT2D eigenvalue weighted by Gasteiger charge is 2.17. The average Bonchev–Trinajstić information content (AvgIpc) is 3.41. The third-order valence-corrected chi connectivity index (χ3v) is 5.72. The number of amides is 2. The topological polar surface area (TPSA) is 96.4 Å². The molecule has 2 aromatic heterocycles. The predicted molar refractivity (Wildman–Crippen MR) is 124 cm³/mol. The Bertz CT molecular complexity index is 1370. The Labute approximate surface area is 188 Å². The summed E-state index contributed by atoms with van der Waals surface area (Å²) in [5, 5.41) is 22.3. The summed E-state index contributed by atoms with van der Waals surface area (Å²) in [6.45, 7) is 7.16. The van der Waals surface area contributed by atoms with Gasteiger partial charge in [-0.1, -0.05) is 43.0 Å². The second-order valence-electron chi connectivity index (χ2n) is 6.90. The Hall–Kier alpha value is -4.18. The van der Waals surface area contributed by atoms with Crippen LogP contribution in [0.1, 0.15) is 16.6 Å². The number of aliphatic hydroxyl groups excluding tert-OH is 1. The molecule has 0 saturated heterocycles. The van der Waals surface area contributed by atoms with E-state index >= 15 is 0 Å². The summed E-state index contributed by atoms with van der Waals surface area (Å²) in [6.07, 6.45) is 5.29. The predicted octanol–water partition coefficient (Wildman–Crippen LogP) is 4.08. The number of aromatic nitrogens is 3. The van der Waals surface area contributed by atoms with Gasteiger partial charge in [-0.3, -0.25) is 5.32 Å². The molecule has 2 amide bonds. The second-order valence-corrected chi connectivity index (χ2v) is 7.75. The van der Waals surface area contributed by atoms with Crippen molar-refractivity contribution >= 4 is 39.9 Å². The van der Waals surface area contributed by atoms with E-state index < -0.39 is 12.1 Å². The molecule has 0 saturated carbocycles. The number of nitrogens with one attached hydrogen (secondary N) is 2. The Morgan fingerprint density at radius 2 is 2.12 bits per heavy atom. The summed E-state index contributed by atoms with van der Waals surface area (Å²) in [6, 6.07) is 12.2. The fraction of sp³-hybridized carbons (Fsp3) is 0.130. The number of benzene rings is 2. The van der Waals surface area contributed by atoms with E-state index in [1.807, 2.05) is 49.5 Å². The molecule has 4 rings (SSSR count). The number of aliphatic hydroxyl groups is 1. The van der Waals surface area contributed by atoms with Crippen LogP contribution in [0.3, 0.4) is 0 Å². The first-order valence-electron chi connectivity index (χ1n) is 9.58. The molecule has 158 valence electrons. The van der Waals surface area contributed by atoms with Gasteiger partial charge in [0.05, 0.1) is 25.2 Å². The third-order valence-electron chi connectivity index (χ3n) is 4.95. The molecule has 0 spiro atoms. The second kappa shape index (κ2) is 8.90. The lowest BCUT2D eigenvalue weighted by atomic mass is 9.98. The maximum Gasteiger partial charge on any atom is 0.320 e. The van der Waals surface area contributed by atoms with Gasteiger partial charge in [0.2, 0.25) is 0 Å². The first kappa shape index (κ1) is 21.1. The third kappa shape index (κ3) is 4.03. The van der Waals surface area contributed by atoms with Gasteiger partial charge in [-0.2, -0.15) is 4.68 Å². The van der Waals surface area contributed by atoms with Crippen molar-refractivity contribution in [1.29, 1.82) is 0 Å². The Morgan fingerprint density at radius 1 is 1.34 bits per heavy atom. The van der Waals surface area contributed by atoms with Gasteiger partial charge in [-0.15, -0.1) is 17.8 Å². The monoisotopic (exact) mass is 442 g/mol. The van der Waals surface area contributed by atoms with Gasteiger partial charge < -0.3 is 15.3 Å². The van der Waals surface area contributed by atoms with Gasteiger partial charge in [-0.05, 0) is 33.8 Å². The molecule has 0 aliphatic carbocycles. The molecule has 2 heterocycles. The Kier molecular flexibility index (Phi) is 5.86. The lowest BCUT2D eigenvalue weighted by Gasteiger charge is -2.17. The molecule has 32 heavy (non-hydrogen) atoms. The molecule has 4 aromatic rings. The molecule has 0 bridgehead atoms. The van der Waals surface area contributed by atoms with E-state index in [4.69, 9.17) is 13.0 Å². The van der Waals surface area contributed by atoms with E-state index in [-0.39, 0.29) is 6.61 Å². The zero-order valence-corrected chi connectivity index (χ0v) is 17.8. The molecule has 0 fully saturated rings. The van der Waals surface area contributed by atoms with Gasteiger partial charge in [-0.25, -0.2) is 9.78 Å². The molecule has 9 heteroatoms. The standard InChI is InChI=1S/C23H18N6O2S/c1-4-20-26-19(13-32-20)27-23(31)25-17(12-30)15-10-8-14(9-11-15)16-6-5-7-18-21(16)22(24-2)28-29(18)3/h1,5-11,13,17,30H,12H2,3H3,(H2,25,27,31)/t17-/m0/s1. The maximum absolute atomic E-state index is 12.3. The summed E-state index contributed by atoms with van der Waals surface area (Å²) in [5.41, 5.74) is 3.41. The molecule has 1 atom stereocenters. The summed E-state index contributed by atoms with van der Waals surface area (Å²) < 4.78 is 1.69. The van der Waals surface area contributed by atoms with Crippen molar-refractivity contribution in [3.63, 3.8) is 0 Å². The number of anilines is 1. The van der Waals surface area contributed by atoms with Crippen LogP contribution in [0, 0.1) is 18.9 Å². The largest absolute Gasteiger partial charge is 0.394 e. The minimum Gasteiger partial charge on any atom is -0.394 e. The van der Waals surface area contributed by atoms with Gasteiger partial charge in [0.1, 0.15) is 5.82 Å². The first-order chi connectivity index (χ1) is 15.5. The molecular weight excluding hydrogens is 424 g/mol. The number of thiazole rings is 1. The highest BCUT2D eigenvalue weighted by Crippen LogP contribution is 2.35. The number of hydrogen-bond acceptors (Lipinski definition) is 5. The van der Waals surface area contributed by atoms with Crippen LogP contribution >= 0.6 is 11.3 Å². The van der Waals surface area contributed by atoms with Crippen molar-refractivity contribution in [3.05, 3.63) is 69.8 Å². The maximum atomic E-state index is 12.3. The summed E-state index contributed by atoms with van der Waals surface area (Å²) in [4.78, 5) is 19.9. The number of nitrogens with zero attached hydrogens (tertiary/aromatic N) is 4. The van der Waals surface area contributed by atoms with E-state index in [2.05, 4.69) is 31.5 Å². The number of urea groups is 1. The minimum absolute atomic E-state index is 0.278. The SMILES string of the molecule is [C-]#[N+]c1nn(C)c2cccc(-c3ccc([C@H](CO)NC(=O)Nc4csc(C#C)n4)cc3)c12. The van der Waals surface area contributed by atoms with Crippen molar-refractivity contribution in [3.8, 4) is 23.5 Å². The molecular formula is C23H18N6O2S. The molecule has 2 aromatic carbocycles. The van der Waals surface area contributed by atoms with Crippen LogP contribution in [0.25, 0.3) is 26.9 Å². The highest BCUT2D eigenvalue weighted by atomic mass is 32.1. The minimum atomic E-state index is -0.609. The molecule has 3 N–H and O–H groups in total. The number of carbonyl (C=O) groups is 1. The van der Waals surface area contributed by atoms with E-state index in [1.165, 1.54) is 11.3 Å². The average molecular weight is 443 g/mol. The zero-order valence-electron chi connectivity index (χ0n) is 17.0. The van der Waals surface area contributed by atoms with Crippen LogP contribution in [0.4, 0.5) is 16.4 Å². The van der Waals surface area contributed by atoms with Gasteiger partial charge in [0.15, 0.2) is 5.01 Å². The fourth-order valence-electron chi connectivity index (χ4n) is 3.45. The van der Waals surface area contributed by atoms with Gasteiger partial charge in [0.25, 0.3) is 0 Å². The number of terminal acetylenes is 1. The highest BCUT2D eigenvalue weighted by molar-refractivity contribution is 7.10. The van der Waals surface area contributed by atoms with E-state index in [0.29, 0.717) is 16.6 Å². The molecule has 0 unspecified atom stereocenters. The normalized spacial score (nSPS) is 11.5. The van der Waals surface area contributed by atoms with Crippen molar-refractivity contribution in [2.75, 3.05) is 11.9 Å². The van der Waals surface area contributed by atoms with E-state index in [0.717, 1.165) is 27.6 Å². The number of rotatable bonds is 5. The van der Waals surface area contributed by atoms with E-state index in [9.17, 15) is 9.90 Å². The lowest BCUT2D eigenvalue weighted by Crippen LogP contribution is -2.34. The van der Waals surface area contributed by atoms with Crippen molar-refractivity contribution in [2.45, 2.75) is 6.04 Å². The van der Waals surface area contributed by atoms with Crippen LogP contribution in [-0.2, 0) is 7.05 Å². The van der Waals surface area contributed by atoms with E-state index in [1.54, 1.807) is 10.1 Å². The van der Waals surface area contributed by atoms with Crippen molar-refractivity contribution in [1.82, 2.24) is 20.1 Å². The van der Waals surface area contributed by atoms with Crippen LogP contribution in [0.2, 0.25) is 0 Å². The zero-order chi connectivity index (χ0) is 22.7. The first-order valence-corrected chi connectivity index (χ1v) is 10.5. The van der Waals surface area contributed by atoms with Gasteiger partial charge in [0, 0.05) is 10.8 Å². The fourth-order valence-corrected chi connectivity index (χ4v) is 4.00. The van der Waals surface area contributed by atoms with Crippen molar-refractivity contribution in [2.24, 2.45) is 7.05 Å². The van der Waals surface area contributed by atoms with Crippen LogP contribution in [0.5, 0.6) is 0 Å². The summed E-state index contributed by atoms with van der Waals surface area (Å²) in [7, 11) is 1.81. The number of aryl methyl sites for hydroxylation is 1. The molecule has 8 nitrogen and oxygen atoms in total.